The first-order chi connectivity index (χ1) is 10.4. The van der Waals surface area contributed by atoms with Crippen LogP contribution in [0.4, 0.5) is 0 Å². The molecule has 2 rings (SSSR count). The molecule has 0 spiro atoms. The van der Waals surface area contributed by atoms with Crippen molar-refractivity contribution in [3.05, 3.63) is 63.8 Å². The van der Waals surface area contributed by atoms with Crippen molar-refractivity contribution in [3.63, 3.8) is 0 Å². The molecule has 0 radical (unpaired) electrons. The second kappa shape index (κ2) is 6.70. The molecule has 0 unspecified atom stereocenters. The molecule has 0 bridgehead atoms. The van der Waals surface area contributed by atoms with Gasteiger partial charge < -0.3 is 16.3 Å². The van der Waals surface area contributed by atoms with E-state index in [1.165, 1.54) is 0 Å². The lowest BCUT2D eigenvalue weighted by atomic mass is 10.0. The van der Waals surface area contributed by atoms with Gasteiger partial charge in [-0.25, -0.2) is 4.79 Å². The van der Waals surface area contributed by atoms with Gasteiger partial charge in [0.2, 0.25) is 0 Å². The lowest BCUT2D eigenvalue weighted by Crippen LogP contribution is -2.29. The van der Waals surface area contributed by atoms with Gasteiger partial charge in [-0.15, -0.1) is 0 Å². The lowest BCUT2D eigenvalue weighted by Gasteiger charge is -2.10. The maximum Gasteiger partial charge on any atom is 0.355 e. The molecule has 6 N–H and O–H groups in total. The number of nitrogens with two attached hydrogens (primary N) is 2. The fraction of sp³-hybridized carbons (Fsp3) is 0. The van der Waals surface area contributed by atoms with Crippen molar-refractivity contribution in [1.82, 2.24) is 5.43 Å². The van der Waals surface area contributed by atoms with Crippen LogP contribution in [0.1, 0.15) is 5.56 Å². The van der Waals surface area contributed by atoms with Gasteiger partial charge in [-0.1, -0.05) is 47.5 Å². The van der Waals surface area contributed by atoms with Gasteiger partial charge in [0.15, 0.2) is 5.70 Å². The molecule has 0 heterocycles. The van der Waals surface area contributed by atoms with Crippen LogP contribution in [-0.2, 0) is 4.79 Å². The zero-order chi connectivity index (χ0) is 16.3. The number of rotatable bonds is 4. The van der Waals surface area contributed by atoms with Crippen molar-refractivity contribution in [2.45, 2.75) is 0 Å². The number of hydrazine groups is 1. The van der Waals surface area contributed by atoms with E-state index in [0.29, 0.717) is 15.6 Å². The summed E-state index contributed by atoms with van der Waals surface area (Å²) in [7, 11) is 0. The highest BCUT2D eigenvalue weighted by molar-refractivity contribution is 6.42. The highest BCUT2D eigenvalue weighted by Crippen LogP contribution is 2.29. The smallest absolute Gasteiger partial charge is 0.355 e. The zero-order valence-corrected chi connectivity index (χ0v) is 12.8. The topological polar surface area (TPSA) is 101 Å². The van der Waals surface area contributed by atoms with E-state index >= 15 is 0 Å². The SMILES string of the molecule is NN/C(C(=O)O)=C(\N)c1cccc(-c2ccc(Cl)c(Cl)c2)c1. The molecule has 7 heteroatoms. The summed E-state index contributed by atoms with van der Waals surface area (Å²) < 4.78 is 0. The van der Waals surface area contributed by atoms with Gasteiger partial charge in [0.25, 0.3) is 0 Å². The number of hydrogen-bond donors (Lipinski definition) is 4. The Kier molecular flexibility index (Phi) is 4.92. The Morgan fingerprint density at radius 2 is 1.73 bits per heavy atom. The second-order valence-electron chi connectivity index (χ2n) is 4.45. The quantitative estimate of drug-likeness (QED) is 0.390. The van der Waals surface area contributed by atoms with Crippen LogP contribution in [0.3, 0.4) is 0 Å². The lowest BCUT2D eigenvalue weighted by molar-refractivity contribution is -0.133. The number of carbonyl (C=O) groups is 1. The minimum absolute atomic E-state index is 0.0388. The van der Waals surface area contributed by atoms with Gasteiger partial charge in [0, 0.05) is 5.56 Å². The third-order valence-corrected chi connectivity index (χ3v) is 3.79. The first-order valence-electron chi connectivity index (χ1n) is 6.19. The third-order valence-electron chi connectivity index (χ3n) is 3.05. The zero-order valence-electron chi connectivity index (χ0n) is 11.3. The molecule has 0 saturated heterocycles. The van der Waals surface area contributed by atoms with Gasteiger partial charge in [-0.05, 0) is 29.3 Å². The van der Waals surface area contributed by atoms with E-state index in [-0.39, 0.29) is 11.4 Å². The third kappa shape index (κ3) is 3.33. The summed E-state index contributed by atoms with van der Waals surface area (Å²) >= 11 is 11.9. The number of carboxylic acid groups (broad SMARTS) is 1. The van der Waals surface area contributed by atoms with E-state index < -0.39 is 5.97 Å². The number of aliphatic carboxylic acids is 1. The van der Waals surface area contributed by atoms with Crippen molar-refractivity contribution < 1.29 is 9.90 Å². The van der Waals surface area contributed by atoms with E-state index in [1.807, 2.05) is 12.1 Å². The molecule has 0 aliphatic rings. The van der Waals surface area contributed by atoms with Gasteiger partial charge >= 0.3 is 5.97 Å². The maximum atomic E-state index is 11.1. The maximum absolute atomic E-state index is 11.1. The Hall–Kier alpha value is -2.21. The number of carboxylic acids is 1. The molecule has 0 saturated carbocycles. The predicted molar refractivity (Wildman–Crippen MR) is 88.0 cm³/mol. The molecule has 0 amide bonds. The normalized spacial score (nSPS) is 11.8. The summed E-state index contributed by atoms with van der Waals surface area (Å²) in [4.78, 5) is 11.1. The Labute approximate surface area is 137 Å². The fourth-order valence-corrected chi connectivity index (χ4v) is 2.24. The van der Waals surface area contributed by atoms with Crippen LogP contribution < -0.4 is 17.0 Å². The van der Waals surface area contributed by atoms with Crippen LogP contribution in [-0.4, -0.2) is 11.1 Å². The molecular formula is C15H13Cl2N3O2. The first kappa shape index (κ1) is 16.2. The number of nitrogens with one attached hydrogen (secondary N) is 1. The molecule has 0 aliphatic carbocycles. The van der Waals surface area contributed by atoms with E-state index in [2.05, 4.69) is 5.43 Å². The van der Waals surface area contributed by atoms with Gasteiger partial charge in [-0.2, -0.15) is 0 Å². The van der Waals surface area contributed by atoms with E-state index in [4.69, 9.17) is 39.9 Å². The van der Waals surface area contributed by atoms with Gasteiger partial charge in [0.05, 0.1) is 15.7 Å². The molecule has 114 valence electrons. The van der Waals surface area contributed by atoms with Crippen LogP contribution in [0.25, 0.3) is 16.8 Å². The average molecular weight is 338 g/mol. The van der Waals surface area contributed by atoms with Crippen LogP contribution in [0.15, 0.2) is 48.2 Å². The molecule has 2 aromatic rings. The summed E-state index contributed by atoms with van der Waals surface area (Å²) in [5.74, 6) is 3.96. The summed E-state index contributed by atoms with van der Waals surface area (Å²) in [5.41, 5.74) is 9.90. The van der Waals surface area contributed by atoms with Gasteiger partial charge in [0.1, 0.15) is 0 Å². The minimum atomic E-state index is -1.24. The molecule has 5 nitrogen and oxygen atoms in total. The highest BCUT2D eigenvalue weighted by Gasteiger charge is 2.13. The Bertz CT molecular complexity index is 760. The molecule has 0 fully saturated rings. The molecule has 22 heavy (non-hydrogen) atoms. The molecule has 2 aromatic carbocycles. The van der Waals surface area contributed by atoms with Crippen LogP contribution in [0.2, 0.25) is 10.0 Å². The molecular weight excluding hydrogens is 325 g/mol. The summed E-state index contributed by atoms with van der Waals surface area (Å²) in [6.07, 6.45) is 0. The highest BCUT2D eigenvalue weighted by atomic mass is 35.5. The van der Waals surface area contributed by atoms with Crippen molar-refractivity contribution in [1.29, 1.82) is 0 Å². The monoisotopic (exact) mass is 337 g/mol. The molecule has 0 aliphatic heterocycles. The standard InChI is InChI=1S/C15H13Cl2N3O2/c16-11-5-4-9(7-12(11)17)8-2-1-3-10(6-8)13(18)14(20-19)15(21)22/h1-7,20H,18-19H2,(H,21,22)/b14-13-. The van der Waals surface area contributed by atoms with Gasteiger partial charge in [-0.3, -0.25) is 5.84 Å². The van der Waals surface area contributed by atoms with Crippen LogP contribution in [0, 0.1) is 0 Å². The van der Waals surface area contributed by atoms with Crippen molar-refractivity contribution in [3.8, 4) is 11.1 Å². The van der Waals surface area contributed by atoms with Crippen LogP contribution >= 0.6 is 23.2 Å². The Morgan fingerprint density at radius 3 is 2.32 bits per heavy atom. The summed E-state index contributed by atoms with van der Waals surface area (Å²) in [6, 6.07) is 12.3. The van der Waals surface area contributed by atoms with E-state index in [1.54, 1.807) is 30.3 Å². The summed E-state index contributed by atoms with van der Waals surface area (Å²) in [5, 5.41) is 9.94. The van der Waals surface area contributed by atoms with Crippen LogP contribution in [0.5, 0.6) is 0 Å². The number of hydrogen-bond acceptors (Lipinski definition) is 4. The first-order valence-corrected chi connectivity index (χ1v) is 6.95. The van der Waals surface area contributed by atoms with Crippen molar-refractivity contribution >= 4 is 34.9 Å². The Morgan fingerprint density at radius 1 is 1.05 bits per heavy atom. The van der Waals surface area contributed by atoms with Crippen molar-refractivity contribution in [2.75, 3.05) is 0 Å². The summed E-state index contributed by atoms with van der Waals surface area (Å²) in [6.45, 7) is 0. The molecule has 0 aromatic heterocycles. The minimum Gasteiger partial charge on any atom is -0.476 e. The fourth-order valence-electron chi connectivity index (χ4n) is 1.94. The number of halogens is 2. The second-order valence-corrected chi connectivity index (χ2v) is 5.26. The predicted octanol–water partition coefficient (Wildman–Crippen LogP) is 2.84. The average Bonchev–Trinajstić information content (AvgIpc) is 2.50. The number of benzene rings is 2. The van der Waals surface area contributed by atoms with E-state index in [0.717, 1.165) is 11.1 Å². The van der Waals surface area contributed by atoms with E-state index in [9.17, 15) is 4.79 Å². The Balaban J connectivity index is 2.50. The molecule has 0 atom stereocenters. The largest absolute Gasteiger partial charge is 0.476 e. The van der Waals surface area contributed by atoms with Crippen molar-refractivity contribution in [2.24, 2.45) is 11.6 Å².